The molecule has 0 aliphatic carbocycles. The van der Waals surface area contributed by atoms with Gasteiger partial charge in [-0.25, -0.2) is 8.42 Å². The molecule has 3 aromatic rings. The molecule has 1 atom stereocenters. The summed E-state index contributed by atoms with van der Waals surface area (Å²) in [6.45, 7) is 3.27. The Morgan fingerprint density at radius 2 is 1.60 bits per heavy atom. The molecule has 0 unspecified atom stereocenters. The number of nitrogens with one attached hydrogen (secondary N) is 2. The van der Waals surface area contributed by atoms with Crippen LogP contribution in [0.4, 0.5) is 11.4 Å². The number of halogens is 2. The molecular weight excluding hydrogens is 509 g/mol. The number of carbonyl (C=O) groups is 2. The number of benzene rings is 3. The summed E-state index contributed by atoms with van der Waals surface area (Å²) in [6.07, 6.45) is 0.746. The first kappa shape index (κ1) is 26.5. The van der Waals surface area contributed by atoms with Crippen molar-refractivity contribution in [1.29, 1.82) is 0 Å². The van der Waals surface area contributed by atoms with E-state index in [4.69, 9.17) is 23.2 Å². The fraction of sp³-hybridized carbons (Fsp3) is 0.200. The standard InChI is InChI=1S/C25H25Cl2N3O4S/c1-3-17(2)28-25(32)20-11-7-8-12-23(20)29-24(31)16-30(18-13-14-21(26)22(27)15-18)35(33,34)19-9-5-4-6-10-19/h4-15,17H,3,16H2,1-2H3,(H,28,32)(H,29,31)/t17-/m1/s1. The van der Waals surface area contributed by atoms with Crippen LogP contribution in [0.25, 0.3) is 0 Å². The fourth-order valence-corrected chi connectivity index (χ4v) is 4.92. The number of nitrogens with zero attached hydrogens (tertiary/aromatic N) is 1. The van der Waals surface area contributed by atoms with Gasteiger partial charge in [0, 0.05) is 6.04 Å². The number of anilines is 2. The van der Waals surface area contributed by atoms with E-state index < -0.39 is 22.5 Å². The number of carbonyl (C=O) groups excluding carboxylic acids is 2. The van der Waals surface area contributed by atoms with Gasteiger partial charge in [-0.2, -0.15) is 0 Å². The first-order valence-electron chi connectivity index (χ1n) is 10.9. The van der Waals surface area contributed by atoms with Crippen molar-refractivity contribution in [3.63, 3.8) is 0 Å². The lowest BCUT2D eigenvalue weighted by Crippen LogP contribution is -2.38. The number of hydrogen-bond acceptors (Lipinski definition) is 4. The van der Waals surface area contributed by atoms with Crippen LogP contribution >= 0.6 is 23.2 Å². The van der Waals surface area contributed by atoms with Gasteiger partial charge in [0.15, 0.2) is 0 Å². The average molecular weight is 534 g/mol. The van der Waals surface area contributed by atoms with E-state index >= 15 is 0 Å². The van der Waals surface area contributed by atoms with Crippen LogP contribution in [0.5, 0.6) is 0 Å². The quantitative estimate of drug-likeness (QED) is 0.387. The Labute approximate surface area is 215 Å². The highest BCUT2D eigenvalue weighted by molar-refractivity contribution is 7.92. The minimum Gasteiger partial charge on any atom is -0.350 e. The van der Waals surface area contributed by atoms with Crippen LogP contribution in [0, 0.1) is 0 Å². The van der Waals surface area contributed by atoms with Crippen LogP contribution in [0.1, 0.15) is 30.6 Å². The van der Waals surface area contributed by atoms with E-state index in [1.807, 2.05) is 13.8 Å². The zero-order chi connectivity index (χ0) is 25.6. The molecule has 3 rings (SSSR count). The van der Waals surface area contributed by atoms with Crippen molar-refractivity contribution in [2.45, 2.75) is 31.2 Å². The van der Waals surface area contributed by atoms with E-state index in [0.717, 1.165) is 10.7 Å². The maximum absolute atomic E-state index is 13.5. The van der Waals surface area contributed by atoms with Crippen LogP contribution in [-0.2, 0) is 14.8 Å². The second-order valence-electron chi connectivity index (χ2n) is 7.80. The molecule has 0 radical (unpaired) electrons. The van der Waals surface area contributed by atoms with Crippen LogP contribution < -0.4 is 14.9 Å². The molecule has 0 heterocycles. The Bertz CT molecular complexity index is 1320. The summed E-state index contributed by atoms with van der Waals surface area (Å²) in [6, 6.07) is 18.5. The molecule has 2 N–H and O–H groups in total. The molecule has 2 amide bonds. The molecule has 0 fully saturated rings. The molecule has 35 heavy (non-hydrogen) atoms. The lowest BCUT2D eigenvalue weighted by molar-refractivity contribution is -0.114. The first-order valence-corrected chi connectivity index (χ1v) is 13.1. The molecule has 0 spiro atoms. The third kappa shape index (κ3) is 6.54. The van der Waals surface area contributed by atoms with Crippen molar-refractivity contribution >= 4 is 56.4 Å². The van der Waals surface area contributed by atoms with E-state index in [0.29, 0.717) is 0 Å². The molecule has 184 valence electrons. The Hall–Kier alpha value is -3.07. The van der Waals surface area contributed by atoms with Crippen LogP contribution in [-0.4, -0.2) is 32.8 Å². The van der Waals surface area contributed by atoms with Gasteiger partial charge < -0.3 is 10.6 Å². The largest absolute Gasteiger partial charge is 0.350 e. The summed E-state index contributed by atoms with van der Waals surface area (Å²) in [4.78, 5) is 25.8. The molecule has 10 heteroatoms. The molecule has 3 aromatic carbocycles. The normalized spacial score (nSPS) is 12.0. The molecule has 0 aliphatic heterocycles. The summed E-state index contributed by atoms with van der Waals surface area (Å²) < 4.78 is 27.9. The second kappa shape index (κ2) is 11.6. The predicted molar refractivity (Wildman–Crippen MR) is 140 cm³/mol. The highest BCUT2D eigenvalue weighted by atomic mass is 35.5. The van der Waals surface area contributed by atoms with Crippen molar-refractivity contribution in [2.24, 2.45) is 0 Å². The van der Waals surface area contributed by atoms with E-state index in [1.54, 1.807) is 42.5 Å². The minimum atomic E-state index is -4.13. The Morgan fingerprint density at radius 1 is 0.943 bits per heavy atom. The van der Waals surface area contributed by atoms with Crippen LogP contribution in [0.2, 0.25) is 10.0 Å². The number of hydrogen-bond donors (Lipinski definition) is 2. The second-order valence-corrected chi connectivity index (χ2v) is 10.5. The van der Waals surface area contributed by atoms with E-state index in [2.05, 4.69) is 10.6 Å². The molecule has 7 nitrogen and oxygen atoms in total. The molecule has 0 bridgehead atoms. The molecule has 0 saturated carbocycles. The van der Waals surface area contributed by atoms with Gasteiger partial charge in [0.25, 0.3) is 15.9 Å². The van der Waals surface area contributed by atoms with Crippen molar-refractivity contribution in [1.82, 2.24) is 5.32 Å². The molecular formula is C25H25Cl2N3O4S. The van der Waals surface area contributed by atoms with Crippen LogP contribution in [0.15, 0.2) is 77.7 Å². The maximum atomic E-state index is 13.5. The molecule has 0 aromatic heterocycles. The van der Waals surface area contributed by atoms with Gasteiger partial charge >= 0.3 is 0 Å². The summed E-state index contributed by atoms with van der Waals surface area (Å²) in [5, 5.41) is 5.92. The lowest BCUT2D eigenvalue weighted by atomic mass is 10.1. The maximum Gasteiger partial charge on any atom is 0.264 e. The minimum absolute atomic E-state index is 0.00667. The lowest BCUT2D eigenvalue weighted by Gasteiger charge is -2.24. The van der Waals surface area contributed by atoms with Crippen molar-refractivity contribution in [3.05, 3.63) is 88.4 Å². The number of sulfonamides is 1. The third-order valence-corrected chi connectivity index (χ3v) is 7.77. The highest BCUT2D eigenvalue weighted by Crippen LogP contribution is 2.30. The van der Waals surface area contributed by atoms with E-state index in [1.165, 1.54) is 30.3 Å². The van der Waals surface area contributed by atoms with Gasteiger partial charge in [-0.3, -0.25) is 13.9 Å². The van der Waals surface area contributed by atoms with Gasteiger partial charge in [0.2, 0.25) is 5.91 Å². The zero-order valence-electron chi connectivity index (χ0n) is 19.2. The summed E-state index contributed by atoms with van der Waals surface area (Å²) >= 11 is 12.1. The van der Waals surface area contributed by atoms with Crippen molar-refractivity contribution in [3.8, 4) is 0 Å². The number of amides is 2. The third-order valence-electron chi connectivity index (χ3n) is 5.25. The SMILES string of the molecule is CC[C@@H](C)NC(=O)c1ccccc1NC(=O)CN(c1ccc(Cl)c(Cl)c1)S(=O)(=O)c1ccccc1. The number of rotatable bonds is 9. The summed E-state index contributed by atoms with van der Waals surface area (Å²) in [7, 11) is -4.13. The first-order chi connectivity index (χ1) is 16.6. The van der Waals surface area contributed by atoms with E-state index in [9.17, 15) is 18.0 Å². The predicted octanol–water partition coefficient (Wildman–Crippen LogP) is 5.36. The Morgan fingerprint density at radius 3 is 2.26 bits per heavy atom. The zero-order valence-corrected chi connectivity index (χ0v) is 21.5. The topological polar surface area (TPSA) is 95.6 Å². The fourth-order valence-electron chi connectivity index (χ4n) is 3.19. The van der Waals surface area contributed by atoms with Gasteiger partial charge in [-0.05, 0) is 55.8 Å². The molecule has 0 saturated heterocycles. The summed E-state index contributed by atoms with van der Waals surface area (Å²) in [5.74, 6) is -0.979. The molecule has 0 aliphatic rings. The van der Waals surface area contributed by atoms with Gasteiger partial charge in [0.1, 0.15) is 6.54 Å². The van der Waals surface area contributed by atoms with Gasteiger partial charge in [-0.1, -0.05) is 60.5 Å². The monoisotopic (exact) mass is 533 g/mol. The van der Waals surface area contributed by atoms with Gasteiger partial charge in [0.05, 0.1) is 31.9 Å². The van der Waals surface area contributed by atoms with Crippen molar-refractivity contribution < 1.29 is 18.0 Å². The number of para-hydroxylation sites is 1. The smallest absolute Gasteiger partial charge is 0.264 e. The Kier molecular flexibility index (Phi) is 8.77. The highest BCUT2D eigenvalue weighted by Gasteiger charge is 2.28. The van der Waals surface area contributed by atoms with Gasteiger partial charge in [-0.15, -0.1) is 0 Å². The summed E-state index contributed by atoms with van der Waals surface area (Å²) in [5.41, 5.74) is 0.707. The van der Waals surface area contributed by atoms with Crippen LogP contribution in [0.3, 0.4) is 0 Å². The van der Waals surface area contributed by atoms with Crippen molar-refractivity contribution in [2.75, 3.05) is 16.2 Å². The Balaban J connectivity index is 1.93. The average Bonchev–Trinajstić information content (AvgIpc) is 2.85. The van der Waals surface area contributed by atoms with E-state index in [-0.39, 0.29) is 43.8 Å².